The van der Waals surface area contributed by atoms with Crippen LogP contribution in [0.3, 0.4) is 0 Å². The van der Waals surface area contributed by atoms with E-state index in [4.69, 9.17) is 5.21 Å². The summed E-state index contributed by atoms with van der Waals surface area (Å²) in [6.45, 7) is 2.16. The molecule has 1 amide bonds. The summed E-state index contributed by atoms with van der Waals surface area (Å²) in [6, 6.07) is 0. The number of hydroxylamine groups is 1. The van der Waals surface area contributed by atoms with Crippen LogP contribution in [0.2, 0.25) is 0 Å². The van der Waals surface area contributed by atoms with Gasteiger partial charge in [0.1, 0.15) is 0 Å². The molecule has 0 atom stereocenters. The molecule has 0 heterocycles. The second kappa shape index (κ2) is 8.27. The number of amides is 1. The van der Waals surface area contributed by atoms with Gasteiger partial charge in [0, 0.05) is 6.08 Å². The van der Waals surface area contributed by atoms with Gasteiger partial charge < -0.3 is 0 Å². The van der Waals surface area contributed by atoms with Gasteiger partial charge in [0.25, 0.3) is 5.91 Å². The summed E-state index contributed by atoms with van der Waals surface area (Å²) >= 11 is 0. The van der Waals surface area contributed by atoms with Crippen molar-refractivity contribution in [3.63, 3.8) is 0 Å². The largest absolute Gasteiger partial charge is 0.288 e. The lowest BCUT2D eigenvalue weighted by Gasteiger charge is -1.93. The normalized spacial score (nSPS) is 10.5. The Bertz CT molecular complexity index is 143. The molecule has 0 aliphatic rings. The van der Waals surface area contributed by atoms with Gasteiger partial charge in [0.15, 0.2) is 0 Å². The zero-order valence-corrected chi connectivity index (χ0v) is 7.55. The van der Waals surface area contributed by atoms with E-state index < -0.39 is 5.91 Å². The van der Waals surface area contributed by atoms with Crippen molar-refractivity contribution in [3.8, 4) is 0 Å². The van der Waals surface area contributed by atoms with Crippen LogP contribution in [0.1, 0.15) is 39.0 Å². The maximum absolute atomic E-state index is 10.5. The van der Waals surface area contributed by atoms with Crippen LogP contribution in [0.15, 0.2) is 12.2 Å². The predicted molar refractivity (Wildman–Crippen MR) is 47.8 cm³/mol. The minimum Gasteiger partial charge on any atom is -0.288 e. The number of hydrogen-bond acceptors (Lipinski definition) is 2. The van der Waals surface area contributed by atoms with E-state index in [-0.39, 0.29) is 0 Å². The third-order valence-corrected chi connectivity index (χ3v) is 1.60. The molecular weight excluding hydrogens is 154 g/mol. The molecular formula is C9H17NO2. The predicted octanol–water partition coefficient (Wildman–Crippen LogP) is 2.02. The quantitative estimate of drug-likeness (QED) is 0.278. The number of carbonyl (C=O) groups excluding carboxylic acids is 1. The third-order valence-electron chi connectivity index (χ3n) is 1.60. The number of carbonyl (C=O) groups is 1. The van der Waals surface area contributed by atoms with Gasteiger partial charge in [-0.1, -0.05) is 32.3 Å². The van der Waals surface area contributed by atoms with Crippen LogP contribution in [0.4, 0.5) is 0 Å². The Morgan fingerprint density at radius 1 is 1.42 bits per heavy atom. The second-order valence-electron chi connectivity index (χ2n) is 2.73. The molecule has 0 aliphatic heterocycles. The van der Waals surface area contributed by atoms with E-state index in [1.165, 1.54) is 25.3 Å². The molecule has 0 saturated carbocycles. The van der Waals surface area contributed by atoms with Gasteiger partial charge in [-0.2, -0.15) is 0 Å². The fourth-order valence-corrected chi connectivity index (χ4v) is 0.917. The van der Waals surface area contributed by atoms with Crippen LogP contribution in [0.25, 0.3) is 0 Å². The molecule has 3 heteroatoms. The average Bonchev–Trinajstić information content (AvgIpc) is 2.10. The highest BCUT2D eigenvalue weighted by atomic mass is 16.5. The van der Waals surface area contributed by atoms with Crippen molar-refractivity contribution in [1.82, 2.24) is 5.48 Å². The molecule has 0 spiro atoms. The van der Waals surface area contributed by atoms with E-state index in [2.05, 4.69) is 6.92 Å². The molecule has 0 fully saturated rings. The Kier molecular flexibility index (Phi) is 7.70. The zero-order valence-electron chi connectivity index (χ0n) is 7.55. The topological polar surface area (TPSA) is 49.3 Å². The van der Waals surface area contributed by atoms with Gasteiger partial charge in [0.2, 0.25) is 0 Å². The van der Waals surface area contributed by atoms with Crippen LogP contribution < -0.4 is 5.48 Å². The minimum absolute atomic E-state index is 0.453. The first kappa shape index (κ1) is 11.2. The van der Waals surface area contributed by atoms with Crippen molar-refractivity contribution >= 4 is 5.91 Å². The van der Waals surface area contributed by atoms with Crippen molar-refractivity contribution in [3.05, 3.63) is 12.2 Å². The van der Waals surface area contributed by atoms with E-state index in [0.29, 0.717) is 0 Å². The highest BCUT2D eigenvalue weighted by Gasteiger charge is 1.88. The van der Waals surface area contributed by atoms with Gasteiger partial charge in [0.05, 0.1) is 0 Å². The van der Waals surface area contributed by atoms with Crippen molar-refractivity contribution in [2.24, 2.45) is 0 Å². The van der Waals surface area contributed by atoms with Crippen LogP contribution in [0.5, 0.6) is 0 Å². The van der Waals surface area contributed by atoms with Gasteiger partial charge in [-0.3, -0.25) is 10.0 Å². The average molecular weight is 171 g/mol. The van der Waals surface area contributed by atoms with E-state index in [1.807, 2.05) is 0 Å². The molecule has 0 radical (unpaired) electrons. The smallest absolute Gasteiger partial charge is 0.267 e. The summed E-state index contributed by atoms with van der Waals surface area (Å²) in [5.41, 5.74) is 1.54. The fourth-order valence-electron chi connectivity index (χ4n) is 0.917. The van der Waals surface area contributed by atoms with Gasteiger partial charge in [-0.05, 0) is 12.8 Å². The number of allylic oxidation sites excluding steroid dienone is 1. The van der Waals surface area contributed by atoms with E-state index >= 15 is 0 Å². The van der Waals surface area contributed by atoms with Crippen molar-refractivity contribution < 1.29 is 10.0 Å². The molecule has 0 aromatic heterocycles. The second-order valence-corrected chi connectivity index (χ2v) is 2.73. The van der Waals surface area contributed by atoms with Gasteiger partial charge >= 0.3 is 0 Å². The van der Waals surface area contributed by atoms with Crippen molar-refractivity contribution in [2.45, 2.75) is 39.0 Å². The van der Waals surface area contributed by atoms with Gasteiger partial charge in [-0.15, -0.1) is 0 Å². The molecule has 0 saturated heterocycles. The standard InChI is InChI=1S/C9H17NO2/c1-2-3-4-5-6-7-8-9(11)10-12/h7-8,12H,2-6H2,1H3,(H,10,11)/b8-7+. The number of hydrogen-bond donors (Lipinski definition) is 2. The summed E-state index contributed by atoms with van der Waals surface area (Å²) in [6.07, 6.45) is 8.84. The Labute approximate surface area is 73.4 Å². The number of rotatable bonds is 6. The molecule has 2 N–H and O–H groups in total. The Morgan fingerprint density at radius 2 is 2.17 bits per heavy atom. The zero-order chi connectivity index (χ0) is 9.23. The lowest BCUT2D eigenvalue weighted by molar-refractivity contribution is -0.124. The molecule has 12 heavy (non-hydrogen) atoms. The third kappa shape index (κ3) is 7.28. The summed E-state index contributed by atoms with van der Waals surface area (Å²) in [5.74, 6) is -0.453. The molecule has 0 rings (SSSR count). The molecule has 0 aliphatic carbocycles. The molecule has 0 aromatic carbocycles. The Morgan fingerprint density at radius 3 is 2.75 bits per heavy atom. The molecule has 70 valence electrons. The van der Waals surface area contributed by atoms with Crippen LogP contribution in [-0.2, 0) is 4.79 Å². The van der Waals surface area contributed by atoms with Crippen molar-refractivity contribution in [2.75, 3.05) is 0 Å². The molecule has 0 bridgehead atoms. The van der Waals surface area contributed by atoms with Crippen LogP contribution in [-0.4, -0.2) is 11.1 Å². The number of unbranched alkanes of at least 4 members (excludes halogenated alkanes) is 4. The molecule has 0 unspecified atom stereocenters. The summed E-state index contributed by atoms with van der Waals surface area (Å²) in [7, 11) is 0. The first-order valence-corrected chi connectivity index (χ1v) is 4.42. The maximum atomic E-state index is 10.5. The molecule has 0 aromatic rings. The van der Waals surface area contributed by atoms with E-state index in [1.54, 1.807) is 11.6 Å². The summed E-state index contributed by atoms with van der Waals surface area (Å²) < 4.78 is 0. The monoisotopic (exact) mass is 171 g/mol. The van der Waals surface area contributed by atoms with Crippen molar-refractivity contribution in [1.29, 1.82) is 0 Å². The van der Waals surface area contributed by atoms with E-state index in [0.717, 1.165) is 12.8 Å². The fraction of sp³-hybridized carbons (Fsp3) is 0.667. The summed E-state index contributed by atoms with van der Waals surface area (Å²) in [5, 5.41) is 8.12. The highest BCUT2D eigenvalue weighted by molar-refractivity contribution is 5.86. The number of nitrogens with one attached hydrogen (secondary N) is 1. The SMILES string of the molecule is CCCCCC/C=C/C(=O)NO. The maximum Gasteiger partial charge on any atom is 0.267 e. The van der Waals surface area contributed by atoms with Crippen LogP contribution >= 0.6 is 0 Å². The minimum atomic E-state index is -0.453. The Balaban J connectivity index is 3.18. The summed E-state index contributed by atoms with van der Waals surface area (Å²) in [4.78, 5) is 10.5. The van der Waals surface area contributed by atoms with Gasteiger partial charge in [-0.25, -0.2) is 5.48 Å². The lowest BCUT2D eigenvalue weighted by Crippen LogP contribution is -2.14. The highest BCUT2D eigenvalue weighted by Crippen LogP contribution is 2.02. The van der Waals surface area contributed by atoms with E-state index in [9.17, 15) is 4.79 Å². The molecule has 3 nitrogen and oxygen atoms in total. The Hall–Kier alpha value is -0.830. The lowest BCUT2D eigenvalue weighted by atomic mass is 10.1. The first-order valence-electron chi connectivity index (χ1n) is 4.42. The van der Waals surface area contributed by atoms with Crippen LogP contribution in [0, 0.1) is 0 Å². The first-order chi connectivity index (χ1) is 5.81.